The SMILES string of the molecule is COC(C(CO)OCc1ccccc1)C(OC(C)C)C(O)CO. The topological polar surface area (TPSA) is 88.4 Å². The van der Waals surface area contributed by atoms with E-state index < -0.39 is 31.0 Å². The summed E-state index contributed by atoms with van der Waals surface area (Å²) in [5.74, 6) is 0. The summed E-state index contributed by atoms with van der Waals surface area (Å²) in [5, 5.41) is 28.9. The molecule has 6 nitrogen and oxygen atoms in total. The minimum Gasteiger partial charge on any atom is -0.394 e. The number of ether oxygens (including phenoxy) is 3. The van der Waals surface area contributed by atoms with Gasteiger partial charge in [-0.15, -0.1) is 0 Å². The standard InChI is InChI=1S/C17H28O6/c1-12(2)23-16(14(20)9-18)17(21-3)15(10-19)22-11-13-7-5-4-6-8-13/h4-8,12,14-20H,9-11H2,1-3H3. The van der Waals surface area contributed by atoms with Gasteiger partial charge in [-0.3, -0.25) is 0 Å². The van der Waals surface area contributed by atoms with Crippen molar-refractivity contribution in [1.29, 1.82) is 0 Å². The summed E-state index contributed by atoms with van der Waals surface area (Å²) in [5.41, 5.74) is 0.963. The molecule has 0 heterocycles. The highest BCUT2D eigenvalue weighted by Gasteiger charge is 2.36. The van der Waals surface area contributed by atoms with Gasteiger partial charge in [-0.05, 0) is 19.4 Å². The Bertz CT molecular complexity index is 411. The van der Waals surface area contributed by atoms with Gasteiger partial charge in [0.2, 0.25) is 0 Å². The van der Waals surface area contributed by atoms with Crippen LogP contribution in [-0.2, 0) is 20.8 Å². The molecule has 0 aliphatic rings. The molecule has 1 rings (SSSR count). The van der Waals surface area contributed by atoms with Crippen molar-refractivity contribution in [2.75, 3.05) is 20.3 Å². The zero-order valence-corrected chi connectivity index (χ0v) is 14.0. The Hall–Kier alpha value is -1.02. The lowest BCUT2D eigenvalue weighted by molar-refractivity contribution is -0.185. The van der Waals surface area contributed by atoms with Crippen LogP contribution in [0, 0.1) is 0 Å². The summed E-state index contributed by atoms with van der Waals surface area (Å²) in [6.45, 7) is 3.19. The van der Waals surface area contributed by atoms with Crippen LogP contribution in [0.25, 0.3) is 0 Å². The molecule has 4 unspecified atom stereocenters. The summed E-state index contributed by atoms with van der Waals surface area (Å²) in [4.78, 5) is 0. The molecule has 23 heavy (non-hydrogen) atoms. The zero-order valence-electron chi connectivity index (χ0n) is 14.0. The summed E-state index contributed by atoms with van der Waals surface area (Å²) < 4.78 is 16.8. The second-order valence-electron chi connectivity index (χ2n) is 5.62. The maximum atomic E-state index is 10.0. The van der Waals surface area contributed by atoms with E-state index in [0.717, 1.165) is 5.56 Å². The van der Waals surface area contributed by atoms with Crippen molar-refractivity contribution in [3.63, 3.8) is 0 Å². The zero-order chi connectivity index (χ0) is 17.2. The van der Waals surface area contributed by atoms with Gasteiger partial charge < -0.3 is 29.5 Å². The van der Waals surface area contributed by atoms with Crippen LogP contribution >= 0.6 is 0 Å². The molecule has 1 aromatic rings. The Morgan fingerprint density at radius 3 is 2.13 bits per heavy atom. The number of aliphatic hydroxyl groups is 3. The lowest BCUT2D eigenvalue weighted by Gasteiger charge is -2.34. The van der Waals surface area contributed by atoms with Crippen LogP contribution < -0.4 is 0 Å². The molecule has 4 atom stereocenters. The maximum absolute atomic E-state index is 10.0. The van der Waals surface area contributed by atoms with E-state index in [9.17, 15) is 15.3 Å². The summed E-state index contributed by atoms with van der Waals surface area (Å²) in [6.07, 6.45) is -3.51. The summed E-state index contributed by atoms with van der Waals surface area (Å²) in [7, 11) is 1.46. The molecule has 0 spiro atoms. The van der Waals surface area contributed by atoms with E-state index in [1.165, 1.54) is 7.11 Å². The molecule has 0 aromatic heterocycles. The van der Waals surface area contributed by atoms with E-state index in [1.807, 2.05) is 44.2 Å². The number of benzene rings is 1. The first-order valence-corrected chi connectivity index (χ1v) is 7.77. The minimum atomic E-state index is -1.13. The maximum Gasteiger partial charge on any atom is 0.115 e. The number of rotatable bonds is 11. The molecule has 3 N–H and O–H groups in total. The number of aliphatic hydroxyl groups excluding tert-OH is 3. The van der Waals surface area contributed by atoms with Crippen molar-refractivity contribution in [2.45, 2.75) is 51.0 Å². The van der Waals surface area contributed by atoms with Crippen LogP contribution in [0.4, 0.5) is 0 Å². The fourth-order valence-electron chi connectivity index (χ4n) is 2.33. The van der Waals surface area contributed by atoms with Crippen molar-refractivity contribution in [2.24, 2.45) is 0 Å². The molecule has 0 aliphatic heterocycles. The van der Waals surface area contributed by atoms with Crippen LogP contribution in [0.5, 0.6) is 0 Å². The molecule has 0 saturated heterocycles. The predicted octanol–water partition coefficient (Wildman–Crippen LogP) is 0.726. The molecule has 0 amide bonds. The van der Waals surface area contributed by atoms with Crippen LogP contribution in [0.1, 0.15) is 19.4 Å². The molecule has 0 bridgehead atoms. The second kappa shape index (κ2) is 10.7. The molecule has 132 valence electrons. The first-order chi connectivity index (χ1) is 11.0. The van der Waals surface area contributed by atoms with Crippen molar-refractivity contribution in [1.82, 2.24) is 0 Å². The van der Waals surface area contributed by atoms with Crippen molar-refractivity contribution in [3.8, 4) is 0 Å². The van der Waals surface area contributed by atoms with Gasteiger partial charge in [0.1, 0.15) is 24.4 Å². The third-order valence-corrected chi connectivity index (χ3v) is 3.44. The molecule has 1 aromatic carbocycles. The van der Waals surface area contributed by atoms with Crippen molar-refractivity contribution < 1.29 is 29.5 Å². The highest BCUT2D eigenvalue weighted by Crippen LogP contribution is 2.18. The van der Waals surface area contributed by atoms with Crippen LogP contribution in [0.3, 0.4) is 0 Å². The molecule has 0 saturated carbocycles. The highest BCUT2D eigenvalue weighted by molar-refractivity contribution is 5.13. The fraction of sp³-hybridized carbons (Fsp3) is 0.647. The Morgan fingerprint density at radius 2 is 1.65 bits per heavy atom. The van der Waals surface area contributed by atoms with Gasteiger partial charge in [0.15, 0.2) is 0 Å². The van der Waals surface area contributed by atoms with Gasteiger partial charge in [-0.2, -0.15) is 0 Å². The summed E-state index contributed by atoms with van der Waals surface area (Å²) >= 11 is 0. The van der Waals surface area contributed by atoms with Gasteiger partial charge in [-0.25, -0.2) is 0 Å². The fourth-order valence-corrected chi connectivity index (χ4v) is 2.33. The highest BCUT2D eigenvalue weighted by atomic mass is 16.6. The Balaban J connectivity index is 2.79. The van der Waals surface area contributed by atoms with E-state index >= 15 is 0 Å². The van der Waals surface area contributed by atoms with Crippen molar-refractivity contribution in [3.05, 3.63) is 35.9 Å². The molecule has 6 heteroatoms. The van der Waals surface area contributed by atoms with Gasteiger partial charge >= 0.3 is 0 Å². The first kappa shape index (κ1) is 20.0. The quantitative estimate of drug-likeness (QED) is 0.555. The second-order valence-corrected chi connectivity index (χ2v) is 5.62. The molecule has 0 aliphatic carbocycles. The van der Waals surface area contributed by atoms with Crippen LogP contribution in [0.15, 0.2) is 30.3 Å². The van der Waals surface area contributed by atoms with Crippen LogP contribution in [0.2, 0.25) is 0 Å². The molecular weight excluding hydrogens is 300 g/mol. The van der Waals surface area contributed by atoms with E-state index in [1.54, 1.807) is 0 Å². The van der Waals surface area contributed by atoms with E-state index in [2.05, 4.69) is 0 Å². The first-order valence-electron chi connectivity index (χ1n) is 7.77. The van der Waals surface area contributed by atoms with Gasteiger partial charge in [0.25, 0.3) is 0 Å². The average molecular weight is 328 g/mol. The monoisotopic (exact) mass is 328 g/mol. The Morgan fingerprint density at radius 1 is 1.00 bits per heavy atom. The third-order valence-electron chi connectivity index (χ3n) is 3.44. The Kier molecular flexibility index (Phi) is 9.31. The average Bonchev–Trinajstić information content (AvgIpc) is 2.57. The van der Waals surface area contributed by atoms with Gasteiger partial charge in [-0.1, -0.05) is 30.3 Å². The number of hydrogen-bond acceptors (Lipinski definition) is 6. The normalized spacial score (nSPS) is 17.0. The van der Waals surface area contributed by atoms with Gasteiger partial charge in [0.05, 0.1) is 25.9 Å². The lowest BCUT2D eigenvalue weighted by atomic mass is 10.0. The molecular formula is C17H28O6. The van der Waals surface area contributed by atoms with E-state index in [-0.39, 0.29) is 12.7 Å². The molecule has 0 radical (unpaired) electrons. The van der Waals surface area contributed by atoms with Gasteiger partial charge in [0, 0.05) is 7.11 Å². The van der Waals surface area contributed by atoms with Crippen molar-refractivity contribution >= 4 is 0 Å². The Labute approximate surface area is 137 Å². The smallest absolute Gasteiger partial charge is 0.115 e. The predicted molar refractivity (Wildman–Crippen MR) is 86.0 cm³/mol. The van der Waals surface area contributed by atoms with E-state index in [0.29, 0.717) is 6.61 Å². The summed E-state index contributed by atoms with van der Waals surface area (Å²) in [6, 6.07) is 9.55. The van der Waals surface area contributed by atoms with E-state index in [4.69, 9.17) is 14.2 Å². The molecule has 0 fully saturated rings. The lowest BCUT2D eigenvalue weighted by Crippen LogP contribution is -2.51. The minimum absolute atomic E-state index is 0.174. The number of hydrogen-bond donors (Lipinski definition) is 3. The van der Waals surface area contributed by atoms with Crippen LogP contribution in [-0.4, -0.2) is 66.2 Å². The largest absolute Gasteiger partial charge is 0.394 e. The third kappa shape index (κ3) is 6.55. The number of methoxy groups -OCH3 is 1.